The van der Waals surface area contributed by atoms with Crippen molar-refractivity contribution in [2.75, 3.05) is 5.32 Å². The van der Waals surface area contributed by atoms with E-state index >= 15 is 0 Å². The molecule has 0 aliphatic rings. The second-order valence-corrected chi connectivity index (χ2v) is 2.77. The topological polar surface area (TPSA) is 88.0 Å². The van der Waals surface area contributed by atoms with Gasteiger partial charge in [0.25, 0.3) is 5.91 Å². The molecule has 6 nitrogen and oxygen atoms in total. The van der Waals surface area contributed by atoms with Crippen LogP contribution >= 0.6 is 0 Å². The van der Waals surface area contributed by atoms with Crippen LogP contribution in [0.1, 0.15) is 10.5 Å². The Morgan fingerprint density at radius 1 is 1.40 bits per heavy atom. The number of amides is 1. The normalized spacial score (nSPS) is 9.87. The minimum atomic E-state index is -0.443. The van der Waals surface area contributed by atoms with Gasteiger partial charge in [0.15, 0.2) is 5.82 Å². The fourth-order valence-electron chi connectivity index (χ4n) is 1.04. The Morgan fingerprint density at radius 3 is 2.93 bits per heavy atom. The van der Waals surface area contributed by atoms with Crippen molar-refractivity contribution in [3.8, 4) is 0 Å². The molecule has 0 unspecified atom stereocenters. The average molecular weight is 205 g/mol. The van der Waals surface area contributed by atoms with Gasteiger partial charge in [-0.2, -0.15) is 0 Å². The molecule has 6 heteroatoms. The number of aromatic nitrogens is 2. The molecule has 2 aromatic rings. The van der Waals surface area contributed by atoms with E-state index in [1.165, 1.54) is 30.5 Å². The fraction of sp³-hybridized carbons (Fsp3) is 0. The Morgan fingerprint density at radius 2 is 2.27 bits per heavy atom. The lowest BCUT2D eigenvalue weighted by atomic mass is 10.3. The lowest BCUT2D eigenvalue weighted by Crippen LogP contribution is -2.17. The van der Waals surface area contributed by atoms with Crippen molar-refractivity contribution >= 4 is 11.7 Å². The number of rotatable bonds is 2. The summed E-state index contributed by atoms with van der Waals surface area (Å²) >= 11 is 0. The summed E-state index contributed by atoms with van der Waals surface area (Å²) in [7, 11) is 0. The SMILES string of the molecule is O=C(Nc1ccon1)c1cccc(=O)[nH]1. The second kappa shape index (κ2) is 3.79. The lowest BCUT2D eigenvalue weighted by Gasteiger charge is -1.99. The van der Waals surface area contributed by atoms with E-state index in [0.29, 0.717) is 5.82 Å². The first-order chi connectivity index (χ1) is 7.25. The Labute approximate surface area is 83.9 Å². The van der Waals surface area contributed by atoms with Crippen molar-refractivity contribution in [3.05, 3.63) is 46.6 Å². The second-order valence-electron chi connectivity index (χ2n) is 2.77. The van der Waals surface area contributed by atoms with Crippen LogP contribution in [0.5, 0.6) is 0 Å². The van der Waals surface area contributed by atoms with E-state index in [9.17, 15) is 9.59 Å². The Bertz CT molecular complexity index is 515. The number of nitrogens with one attached hydrogen (secondary N) is 2. The third-order valence-corrected chi connectivity index (χ3v) is 1.69. The molecule has 0 saturated carbocycles. The molecule has 0 fully saturated rings. The summed E-state index contributed by atoms with van der Waals surface area (Å²) in [5.41, 5.74) is -0.159. The number of carbonyl (C=O) groups excluding carboxylic acids is 1. The number of pyridine rings is 1. The van der Waals surface area contributed by atoms with Gasteiger partial charge in [-0.1, -0.05) is 11.2 Å². The number of H-pyrrole nitrogens is 1. The van der Waals surface area contributed by atoms with Gasteiger partial charge in [0, 0.05) is 12.1 Å². The van der Waals surface area contributed by atoms with Gasteiger partial charge < -0.3 is 14.8 Å². The number of carbonyl (C=O) groups is 1. The molecule has 2 rings (SSSR count). The standard InChI is InChI=1S/C9H7N3O3/c13-8-3-1-2-6(10-8)9(14)11-7-4-5-15-12-7/h1-5H,(H,10,13)(H,11,12,14). The highest BCUT2D eigenvalue weighted by Gasteiger charge is 2.07. The molecule has 76 valence electrons. The summed E-state index contributed by atoms with van der Waals surface area (Å²) in [6.07, 6.45) is 1.34. The molecule has 2 heterocycles. The van der Waals surface area contributed by atoms with Gasteiger partial charge in [-0.25, -0.2) is 0 Å². The van der Waals surface area contributed by atoms with Crippen LogP contribution in [0.3, 0.4) is 0 Å². The molecule has 1 amide bonds. The summed E-state index contributed by atoms with van der Waals surface area (Å²) in [5.74, 6) is -0.147. The molecule has 0 bridgehead atoms. The summed E-state index contributed by atoms with van der Waals surface area (Å²) in [5, 5.41) is 5.96. The molecule has 0 aliphatic carbocycles. The quantitative estimate of drug-likeness (QED) is 0.752. The number of anilines is 1. The zero-order valence-corrected chi connectivity index (χ0v) is 7.56. The fourth-order valence-corrected chi connectivity index (χ4v) is 1.04. The van der Waals surface area contributed by atoms with Crippen molar-refractivity contribution in [1.82, 2.24) is 10.1 Å². The third-order valence-electron chi connectivity index (χ3n) is 1.69. The van der Waals surface area contributed by atoms with E-state index < -0.39 is 5.91 Å². The molecule has 0 saturated heterocycles. The predicted octanol–water partition coefficient (Wildman–Crippen LogP) is 0.615. The Hall–Kier alpha value is -2.37. The van der Waals surface area contributed by atoms with E-state index in [0.717, 1.165) is 0 Å². The van der Waals surface area contributed by atoms with E-state index in [2.05, 4.69) is 20.0 Å². The van der Waals surface area contributed by atoms with Crippen molar-refractivity contribution in [2.24, 2.45) is 0 Å². The van der Waals surface area contributed by atoms with Gasteiger partial charge in [-0.15, -0.1) is 0 Å². The molecular weight excluding hydrogens is 198 g/mol. The minimum absolute atomic E-state index is 0.172. The first kappa shape index (κ1) is 9.20. The van der Waals surface area contributed by atoms with Crippen LogP contribution in [0.4, 0.5) is 5.82 Å². The van der Waals surface area contributed by atoms with Crippen LogP contribution in [0.15, 0.2) is 39.8 Å². The van der Waals surface area contributed by atoms with E-state index in [1.54, 1.807) is 0 Å². The van der Waals surface area contributed by atoms with Crippen molar-refractivity contribution < 1.29 is 9.32 Å². The highest BCUT2D eigenvalue weighted by atomic mass is 16.5. The Kier molecular flexibility index (Phi) is 2.32. The van der Waals surface area contributed by atoms with Crippen LogP contribution in [0.2, 0.25) is 0 Å². The average Bonchev–Trinajstić information content (AvgIpc) is 2.70. The third kappa shape index (κ3) is 2.11. The van der Waals surface area contributed by atoms with Crippen molar-refractivity contribution in [1.29, 1.82) is 0 Å². The predicted molar refractivity (Wildman–Crippen MR) is 51.5 cm³/mol. The van der Waals surface area contributed by atoms with Crippen LogP contribution in [-0.2, 0) is 0 Å². The summed E-state index contributed by atoms with van der Waals surface area (Å²) in [6, 6.07) is 5.82. The minimum Gasteiger partial charge on any atom is -0.363 e. The number of nitrogens with zero attached hydrogens (tertiary/aromatic N) is 1. The smallest absolute Gasteiger partial charge is 0.273 e. The molecule has 0 spiro atoms. The van der Waals surface area contributed by atoms with Crippen molar-refractivity contribution in [3.63, 3.8) is 0 Å². The highest BCUT2D eigenvalue weighted by Crippen LogP contribution is 2.03. The van der Waals surface area contributed by atoms with Crippen LogP contribution in [0.25, 0.3) is 0 Å². The van der Waals surface area contributed by atoms with Gasteiger partial charge in [-0.05, 0) is 6.07 Å². The monoisotopic (exact) mass is 205 g/mol. The zero-order valence-electron chi connectivity index (χ0n) is 7.56. The van der Waals surface area contributed by atoms with Gasteiger partial charge in [-0.3, -0.25) is 9.59 Å². The molecule has 0 aliphatic heterocycles. The molecule has 0 radical (unpaired) electrons. The zero-order chi connectivity index (χ0) is 10.7. The van der Waals surface area contributed by atoms with Crippen molar-refractivity contribution in [2.45, 2.75) is 0 Å². The van der Waals surface area contributed by atoms with Gasteiger partial charge in [0.1, 0.15) is 12.0 Å². The van der Waals surface area contributed by atoms with E-state index in [1.807, 2.05) is 0 Å². The van der Waals surface area contributed by atoms with E-state index in [4.69, 9.17) is 0 Å². The maximum Gasteiger partial charge on any atom is 0.273 e. The first-order valence-electron chi connectivity index (χ1n) is 4.17. The summed E-state index contributed by atoms with van der Waals surface area (Å²) in [4.78, 5) is 24.8. The molecule has 0 aromatic carbocycles. The van der Waals surface area contributed by atoms with E-state index in [-0.39, 0.29) is 11.3 Å². The van der Waals surface area contributed by atoms with Gasteiger partial charge in [0.2, 0.25) is 5.56 Å². The lowest BCUT2D eigenvalue weighted by molar-refractivity contribution is 0.102. The number of hydrogen-bond donors (Lipinski definition) is 2. The Balaban J connectivity index is 2.18. The van der Waals surface area contributed by atoms with Crippen LogP contribution < -0.4 is 10.9 Å². The summed E-state index contributed by atoms with van der Waals surface area (Å²) in [6.45, 7) is 0. The molecule has 2 aromatic heterocycles. The summed E-state index contributed by atoms with van der Waals surface area (Å²) < 4.78 is 4.54. The maximum atomic E-state index is 11.5. The van der Waals surface area contributed by atoms with Gasteiger partial charge >= 0.3 is 0 Å². The molecule has 15 heavy (non-hydrogen) atoms. The van der Waals surface area contributed by atoms with Crippen LogP contribution in [0, 0.1) is 0 Å². The van der Waals surface area contributed by atoms with Crippen LogP contribution in [-0.4, -0.2) is 16.0 Å². The number of aromatic amines is 1. The molecule has 2 N–H and O–H groups in total. The molecular formula is C9H7N3O3. The number of hydrogen-bond acceptors (Lipinski definition) is 4. The maximum absolute atomic E-state index is 11.5. The molecule has 0 atom stereocenters. The highest BCUT2D eigenvalue weighted by molar-refractivity contribution is 6.02. The first-order valence-corrected chi connectivity index (χ1v) is 4.17. The largest absolute Gasteiger partial charge is 0.363 e. The van der Waals surface area contributed by atoms with Gasteiger partial charge in [0.05, 0.1) is 0 Å².